The van der Waals surface area contributed by atoms with Crippen LogP contribution >= 0.6 is 12.2 Å². The van der Waals surface area contributed by atoms with Crippen molar-refractivity contribution in [2.24, 2.45) is 0 Å². The summed E-state index contributed by atoms with van der Waals surface area (Å²) in [6.07, 6.45) is 5.12. The van der Waals surface area contributed by atoms with E-state index in [9.17, 15) is 0 Å². The maximum absolute atomic E-state index is 5.17. The molecule has 0 saturated carbocycles. The number of thiocarbonyl (C=S) groups is 1. The lowest BCUT2D eigenvalue weighted by molar-refractivity contribution is 0.343. The van der Waals surface area contributed by atoms with Gasteiger partial charge in [-0.1, -0.05) is 13.3 Å². The molecule has 0 bridgehead atoms. The molecule has 1 rings (SSSR count). The second kappa shape index (κ2) is 7.88. The van der Waals surface area contributed by atoms with Gasteiger partial charge in [0.25, 0.3) is 0 Å². The van der Waals surface area contributed by atoms with E-state index in [4.69, 9.17) is 12.2 Å². The molecular weight excluding hydrogens is 206 g/mol. The van der Waals surface area contributed by atoms with Gasteiger partial charge >= 0.3 is 0 Å². The minimum absolute atomic E-state index is 0.808. The molecule has 4 heteroatoms. The topological polar surface area (TPSA) is 27.3 Å². The summed E-state index contributed by atoms with van der Waals surface area (Å²) in [7, 11) is 0. The Labute approximate surface area is 98.6 Å². The molecular formula is C11H23N3S. The Hall–Kier alpha value is -0.350. The highest BCUT2D eigenvalue weighted by Crippen LogP contribution is 2.05. The zero-order valence-electron chi connectivity index (χ0n) is 9.72. The van der Waals surface area contributed by atoms with Crippen LogP contribution in [0.3, 0.4) is 0 Å². The lowest BCUT2D eigenvalue weighted by Gasteiger charge is -2.16. The molecule has 1 heterocycles. The van der Waals surface area contributed by atoms with Crippen molar-refractivity contribution in [3.05, 3.63) is 0 Å². The van der Waals surface area contributed by atoms with Crippen LogP contribution in [-0.2, 0) is 0 Å². The van der Waals surface area contributed by atoms with Gasteiger partial charge in [-0.15, -0.1) is 0 Å². The number of rotatable bonds is 6. The van der Waals surface area contributed by atoms with Crippen molar-refractivity contribution in [1.29, 1.82) is 0 Å². The Morgan fingerprint density at radius 2 is 1.87 bits per heavy atom. The molecule has 15 heavy (non-hydrogen) atoms. The fourth-order valence-corrected chi connectivity index (χ4v) is 1.98. The maximum Gasteiger partial charge on any atom is 0.166 e. The van der Waals surface area contributed by atoms with E-state index in [-0.39, 0.29) is 0 Å². The summed E-state index contributed by atoms with van der Waals surface area (Å²) in [6, 6.07) is 0. The Kier molecular flexibility index (Phi) is 6.68. The minimum Gasteiger partial charge on any atom is -0.363 e. The molecule has 2 N–H and O–H groups in total. The first-order valence-electron chi connectivity index (χ1n) is 6.07. The summed E-state index contributed by atoms with van der Waals surface area (Å²) >= 11 is 5.17. The SMILES string of the molecule is CCCCNC(=S)NCCN1CCCC1. The third kappa shape index (κ3) is 5.95. The third-order valence-corrected chi connectivity index (χ3v) is 3.02. The normalized spacial score (nSPS) is 16.6. The van der Waals surface area contributed by atoms with Crippen molar-refractivity contribution in [3.63, 3.8) is 0 Å². The predicted molar refractivity (Wildman–Crippen MR) is 69.2 cm³/mol. The van der Waals surface area contributed by atoms with Gasteiger partial charge in [0.2, 0.25) is 0 Å². The van der Waals surface area contributed by atoms with Crippen molar-refractivity contribution in [2.45, 2.75) is 32.6 Å². The highest BCUT2D eigenvalue weighted by Gasteiger charge is 2.10. The molecule has 1 fully saturated rings. The van der Waals surface area contributed by atoms with Crippen LogP contribution < -0.4 is 10.6 Å². The van der Waals surface area contributed by atoms with Gasteiger partial charge in [-0.25, -0.2) is 0 Å². The van der Waals surface area contributed by atoms with E-state index >= 15 is 0 Å². The average Bonchev–Trinajstić information content (AvgIpc) is 2.71. The van der Waals surface area contributed by atoms with Crippen molar-refractivity contribution in [1.82, 2.24) is 15.5 Å². The molecule has 0 aromatic rings. The second-order valence-electron chi connectivity index (χ2n) is 4.08. The average molecular weight is 229 g/mol. The number of hydrogen-bond acceptors (Lipinski definition) is 2. The van der Waals surface area contributed by atoms with Gasteiger partial charge in [-0.2, -0.15) is 0 Å². The largest absolute Gasteiger partial charge is 0.363 e. The van der Waals surface area contributed by atoms with Crippen LogP contribution in [-0.4, -0.2) is 42.7 Å². The van der Waals surface area contributed by atoms with E-state index in [0.29, 0.717) is 0 Å². The first-order valence-corrected chi connectivity index (χ1v) is 6.48. The summed E-state index contributed by atoms with van der Waals surface area (Å²) in [6.45, 7) is 7.79. The van der Waals surface area contributed by atoms with E-state index in [1.54, 1.807) is 0 Å². The van der Waals surface area contributed by atoms with Crippen LogP contribution in [0.25, 0.3) is 0 Å². The summed E-state index contributed by atoms with van der Waals surface area (Å²) in [4.78, 5) is 2.49. The Bertz CT molecular complexity index is 179. The van der Waals surface area contributed by atoms with Crippen molar-refractivity contribution in [2.75, 3.05) is 32.7 Å². The van der Waals surface area contributed by atoms with E-state index in [1.807, 2.05) is 0 Å². The minimum atomic E-state index is 0.808. The van der Waals surface area contributed by atoms with E-state index < -0.39 is 0 Å². The molecule has 0 aliphatic carbocycles. The monoisotopic (exact) mass is 229 g/mol. The third-order valence-electron chi connectivity index (χ3n) is 2.73. The molecule has 88 valence electrons. The molecule has 0 amide bonds. The molecule has 0 spiro atoms. The Morgan fingerprint density at radius 1 is 1.20 bits per heavy atom. The number of nitrogens with zero attached hydrogens (tertiary/aromatic N) is 1. The smallest absolute Gasteiger partial charge is 0.166 e. The first-order chi connectivity index (χ1) is 7.33. The lowest BCUT2D eigenvalue weighted by Crippen LogP contribution is -2.39. The molecule has 0 unspecified atom stereocenters. The molecule has 1 saturated heterocycles. The predicted octanol–water partition coefficient (Wildman–Crippen LogP) is 1.35. The van der Waals surface area contributed by atoms with Crippen molar-refractivity contribution < 1.29 is 0 Å². The summed E-state index contributed by atoms with van der Waals surface area (Å²) in [5, 5.41) is 7.27. The van der Waals surface area contributed by atoms with Gasteiger partial charge in [-0.3, -0.25) is 0 Å². The fourth-order valence-electron chi connectivity index (χ4n) is 1.77. The standard InChI is InChI=1S/C11H23N3S/c1-2-3-6-12-11(15)13-7-10-14-8-4-5-9-14/h2-10H2,1H3,(H2,12,13,15). The number of unbranched alkanes of at least 4 members (excludes halogenated alkanes) is 1. The first kappa shape index (κ1) is 12.7. The number of hydrogen-bond donors (Lipinski definition) is 2. The summed E-state index contributed by atoms with van der Waals surface area (Å²) < 4.78 is 0. The zero-order valence-corrected chi connectivity index (χ0v) is 10.5. The van der Waals surface area contributed by atoms with Crippen LogP contribution in [0.5, 0.6) is 0 Å². The molecule has 3 nitrogen and oxygen atoms in total. The van der Waals surface area contributed by atoms with Gasteiger partial charge < -0.3 is 15.5 Å². The lowest BCUT2D eigenvalue weighted by atomic mass is 10.3. The van der Waals surface area contributed by atoms with Crippen molar-refractivity contribution in [3.8, 4) is 0 Å². The highest BCUT2D eigenvalue weighted by atomic mass is 32.1. The second-order valence-corrected chi connectivity index (χ2v) is 4.49. The van der Waals surface area contributed by atoms with E-state index in [1.165, 1.54) is 38.8 Å². The molecule has 1 aliphatic heterocycles. The number of likely N-dealkylation sites (tertiary alicyclic amines) is 1. The van der Waals surface area contributed by atoms with Crippen LogP contribution in [0.4, 0.5) is 0 Å². The molecule has 1 aliphatic rings. The molecule has 0 aromatic heterocycles. The van der Waals surface area contributed by atoms with Gasteiger partial charge in [-0.05, 0) is 44.6 Å². The summed E-state index contributed by atoms with van der Waals surface area (Å²) in [5.41, 5.74) is 0. The Morgan fingerprint density at radius 3 is 2.53 bits per heavy atom. The van der Waals surface area contributed by atoms with Gasteiger partial charge in [0.15, 0.2) is 5.11 Å². The molecule has 0 aromatic carbocycles. The number of nitrogens with one attached hydrogen (secondary N) is 2. The van der Waals surface area contributed by atoms with Crippen LogP contribution in [0.1, 0.15) is 32.6 Å². The van der Waals surface area contributed by atoms with Gasteiger partial charge in [0, 0.05) is 19.6 Å². The zero-order chi connectivity index (χ0) is 10.9. The van der Waals surface area contributed by atoms with E-state index in [2.05, 4.69) is 22.5 Å². The van der Waals surface area contributed by atoms with Gasteiger partial charge in [0.1, 0.15) is 0 Å². The summed E-state index contributed by atoms with van der Waals surface area (Å²) in [5.74, 6) is 0. The molecule has 0 radical (unpaired) electrons. The van der Waals surface area contributed by atoms with Crippen LogP contribution in [0.15, 0.2) is 0 Å². The fraction of sp³-hybridized carbons (Fsp3) is 0.909. The van der Waals surface area contributed by atoms with Gasteiger partial charge in [0.05, 0.1) is 0 Å². The quantitative estimate of drug-likeness (QED) is 0.531. The van der Waals surface area contributed by atoms with Crippen LogP contribution in [0, 0.1) is 0 Å². The maximum atomic E-state index is 5.17. The van der Waals surface area contributed by atoms with Crippen LogP contribution in [0.2, 0.25) is 0 Å². The van der Waals surface area contributed by atoms with Crippen molar-refractivity contribution >= 4 is 17.3 Å². The Balaban J connectivity index is 1.91. The van der Waals surface area contributed by atoms with E-state index in [0.717, 1.165) is 24.7 Å². The highest BCUT2D eigenvalue weighted by molar-refractivity contribution is 7.80. The molecule has 0 atom stereocenters.